The van der Waals surface area contributed by atoms with Gasteiger partial charge in [-0.15, -0.1) is 4.72 Å². The molecule has 0 bridgehead atoms. The molecule has 1 unspecified atom stereocenters. The van der Waals surface area contributed by atoms with E-state index in [1.807, 2.05) is 26.8 Å². The summed E-state index contributed by atoms with van der Waals surface area (Å²) in [5.41, 5.74) is 8.24. The number of nitrogen functional groups attached to an aromatic ring is 1. The predicted octanol–water partition coefficient (Wildman–Crippen LogP) is 5.81. The molecule has 8 nitrogen and oxygen atoms in total. The van der Waals surface area contributed by atoms with Gasteiger partial charge in [-0.25, -0.2) is 4.98 Å². The molecule has 1 spiro atoms. The van der Waals surface area contributed by atoms with E-state index in [1.54, 1.807) is 16.8 Å². The third-order valence-electron chi connectivity index (χ3n) is 8.11. The van der Waals surface area contributed by atoms with Crippen LogP contribution in [-0.2, 0) is 24.0 Å². The fraction of sp³-hybridized carbons (Fsp3) is 0.414. The van der Waals surface area contributed by atoms with E-state index in [-0.39, 0.29) is 22.2 Å². The molecule has 4 heterocycles. The number of anilines is 2. The summed E-state index contributed by atoms with van der Waals surface area (Å²) in [6.45, 7) is 7.28. The first kappa shape index (κ1) is 29.1. The van der Waals surface area contributed by atoms with Gasteiger partial charge in [0.15, 0.2) is 11.3 Å². The molecular formula is C29H32F3N7OS2. The van der Waals surface area contributed by atoms with Gasteiger partial charge < -0.3 is 15.2 Å². The van der Waals surface area contributed by atoms with Crippen molar-refractivity contribution >= 4 is 40.5 Å². The van der Waals surface area contributed by atoms with Crippen molar-refractivity contribution in [3.63, 3.8) is 0 Å². The lowest BCUT2D eigenvalue weighted by atomic mass is 9.73. The van der Waals surface area contributed by atoms with Crippen molar-refractivity contribution in [1.82, 2.24) is 24.1 Å². The minimum atomic E-state index is -4.60. The van der Waals surface area contributed by atoms with Gasteiger partial charge >= 0.3 is 6.18 Å². The summed E-state index contributed by atoms with van der Waals surface area (Å²) in [5.74, 6) is 0.707. The molecule has 2 aliphatic rings. The van der Waals surface area contributed by atoms with Crippen molar-refractivity contribution in [2.45, 2.75) is 66.8 Å². The second-order valence-corrected chi connectivity index (χ2v) is 14.9. The highest BCUT2D eigenvalue weighted by atomic mass is 32.2. The maximum atomic E-state index is 13.6. The van der Waals surface area contributed by atoms with Crippen molar-refractivity contribution in [3.05, 3.63) is 71.8 Å². The molecule has 0 amide bonds. The number of fused-ring (bicyclic) bond motifs is 2. The number of piperidine rings is 1. The predicted molar refractivity (Wildman–Crippen MR) is 159 cm³/mol. The summed E-state index contributed by atoms with van der Waals surface area (Å²) in [5, 5.41) is 0. The van der Waals surface area contributed by atoms with E-state index >= 15 is 0 Å². The Bertz CT molecular complexity index is 1610. The zero-order valence-corrected chi connectivity index (χ0v) is 25.1. The average Bonchev–Trinajstić information content (AvgIpc) is 3.53. The van der Waals surface area contributed by atoms with Gasteiger partial charge in [0.25, 0.3) is 0 Å². The largest absolute Gasteiger partial charge is 0.598 e. The van der Waals surface area contributed by atoms with Crippen LogP contribution in [0, 0.1) is 5.41 Å². The number of alkyl halides is 3. The highest BCUT2D eigenvalue weighted by Crippen LogP contribution is 2.53. The second kappa shape index (κ2) is 10.6. The highest BCUT2D eigenvalue weighted by molar-refractivity contribution is 7.99. The zero-order chi connectivity index (χ0) is 29.9. The molecule has 1 aromatic carbocycles. The second-order valence-electron chi connectivity index (χ2n) is 11.9. The number of pyridine rings is 1. The van der Waals surface area contributed by atoms with Crippen LogP contribution in [0.4, 0.5) is 24.9 Å². The summed E-state index contributed by atoms with van der Waals surface area (Å²) >= 11 is -0.368. The zero-order valence-electron chi connectivity index (χ0n) is 23.5. The molecule has 0 radical (unpaired) electrons. The molecule has 13 heteroatoms. The van der Waals surface area contributed by atoms with Crippen LogP contribution in [0.25, 0.3) is 5.65 Å². The third-order valence-corrected chi connectivity index (χ3v) is 10.8. The molecule has 3 aromatic heterocycles. The Hall–Kier alpha value is -3.00. The van der Waals surface area contributed by atoms with Crippen LogP contribution in [0.15, 0.2) is 64.8 Å². The Balaban J connectivity index is 1.28. The number of nitrogens with one attached hydrogen (secondary N) is 1. The first-order valence-corrected chi connectivity index (χ1v) is 15.7. The number of hydrogen-bond donors (Lipinski definition) is 2. The fourth-order valence-electron chi connectivity index (χ4n) is 5.95. The summed E-state index contributed by atoms with van der Waals surface area (Å²) < 4.78 is 58.9. The minimum absolute atomic E-state index is 0.0386. The lowest BCUT2D eigenvalue weighted by molar-refractivity contribution is -0.143. The van der Waals surface area contributed by atoms with Gasteiger partial charge in [0, 0.05) is 53.4 Å². The molecule has 2 atom stereocenters. The minimum Gasteiger partial charge on any atom is -0.598 e. The topological polar surface area (TPSA) is 107 Å². The number of imidazole rings is 1. The molecule has 1 saturated heterocycles. The molecule has 6 rings (SSSR count). The lowest BCUT2D eigenvalue weighted by Crippen LogP contribution is -2.50. The average molecular weight is 616 g/mol. The maximum Gasteiger partial charge on any atom is 0.434 e. The highest BCUT2D eigenvalue weighted by Gasteiger charge is 2.50. The Labute approximate surface area is 249 Å². The fourth-order valence-corrected chi connectivity index (χ4v) is 7.92. The molecule has 1 aliphatic heterocycles. The number of nitrogens with zero attached hydrogens (tertiary/aromatic N) is 5. The molecule has 1 fully saturated rings. The Morgan fingerprint density at radius 3 is 2.52 bits per heavy atom. The maximum absolute atomic E-state index is 13.6. The van der Waals surface area contributed by atoms with Gasteiger partial charge in [-0.2, -0.15) is 18.2 Å². The van der Waals surface area contributed by atoms with E-state index in [1.165, 1.54) is 23.3 Å². The number of aromatic nitrogens is 4. The lowest BCUT2D eigenvalue weighted by Gasteiger charge is -2.44. The normalized spacial score (nSPS) is 19.4. The van der Waals surface area contributed by atoms with Crippen molar-refractivity contribution < 1.29 is 17.7 Å². The van der Waals surface area contributed by atoms with Gasteiger partial charge in [-0.05, 0) is 63.3 Å². The van der Waals surface area contributed by atoms with E-state index in [4.69, 9.17) is 5.73 Å². The number of rotatable bonds is 5. The number of halogens is 3. The van der Waals surface area contributed by atoms with Crippen molar-refractivity contribution in [2.75, 3.05) is 23.7 Å². The van der Waals surface area contributed by atoms with Crippen molar-refractivity contribution in [3.8, 4) is 0 Å². The van der Waals surface area contributed by atoms with Crippen LogP contribution in [0.1, 0.15) is 56.5 Å². The van der Waals surface area contributed by atoms with Gasteiger partial charge in [-0.3, -0.25) is 9.38 Å². The molecule has 4 aromatic rings. The van der Waals surface area contributed by atoms with Gasteiger partial charge in [0.05, 0.1) is 10.9 Å². The van der Waals surface area contributed by atoms with Crippen molar-refractivity contribution in [2.24, 2.45) is 5.41 Å². The molecule has 1 aliphatic carbocycles. The molecule has 42 heavy (non-hydrogen) atoms. The van der Waals surface area contributed by atoms with Crippen molar-refractivity contribution in [1.29, 1.82) is 0 Å². The van der Waals surface area contributed by atoms with Crippen LogP contribution in [-0.4, -0.2) is 41.7 Å². The van der Waals surface area contributed by atoms with Gasteiger partial charge in [0.1, 0.15) is 10.6 Å². The van der Waals surface area contributed by atoms with Crippen LogP contribution < -0.4 is 15.4 Å². The quantitative estimate of drug-likeness (QED) is 0.271. The first-order valence-electron chi connectivity index (χ1n) is 13.7. The summed E-state index contributed by atoms with van der Waals surface area (Å²) in [7, 11) is 0. The Kier molecular flexibility index (Phi) is 7.35. The molecule has 222 valence electrons. The Morgan fingerprint density at radius 1 is 1.07 bits per heavy atom. The Morgan fingerprint density at radius 2 is 1.81 bits per heavy atom. The van der Waals surface area contributed by atoms with E-state index in [9.17, 15) is 17.7 Å². The third kappa shape index (κ3) is 5.20. The summed E-state index contributed by atoms with van der Waals surface area (Å²) in [4.78, 5) is 15.1. The van der Waals surface area contributed by atoms with Gasteiger partial charge in [0.2, 0.25) is 5.95 Å². The summed E-state index contributed by atoms with van der Waals surface area (Å²) in [6, 6.07) is 11.2. The number of nitrogens with two attached hydrogens (primary N) is 1. The number of benzene rings is 1. The molecular weight excluding hydrogens is 583 g/mol. The monoisotopic (exact) mass is 615 g/mol. The number of hydrogen-bond acceptors (Lipinski definition) is 8. The van der Waals surface area contributed by atoms with E-state index in [0.717, 1.165) is 37.2 Å². The van der Waals surface area contributed by atoms with Gasteiger partial charge in [-0.1, -0.05) is 36.0 Å². The molecule has 0 saturated carbocycles. The molecule has 3 N–H and O–H groups in total. The van der Waals surface area contributed by atoms with Crippen LogP contribution in [0.3, 0.4) is 0 Å². The first-order chi connectivity index (χ1) is 19.9. The SMILES string of the molecule is CC(C)(C)[S+]([O-])N[C@@H]1c2ccccc2CC12CCN(c1nc(N)c(Sc3cccnc3C(F)(F)F)c3nccn13)CC2. The standard InChI is InChI=1S/C29H32F3N7OS2/c1-27(2,3)42(40)37-22-19-8-5-4-7-18(19)17-28(22)10-14-38(15-11-28)26-36-24(33)21(25-35-13-16-39(25)26)41-20-9-6-12-34-23(20)29(30,31)32/h4-9,12-13,16,22,37H,10-11,14-15,17,33H2,1-3H3/t22-,42?/m1/s1. The summed E-state index contributed by atoms with van der Waals surface area (Å²) in [6.07, 6.45) is 2.43. The van der Waals surface area contributed by atoms with E-state index in [0.29, 0.717) is 29.6 Å². The smallest absolute Gasteiger partial charge is 0.434 e. The van der Waals surface area contributed by atoms with E-state index < -0.39 is 28.0 Å². The van der Waals surface area contributed by atoms with E-state index in [2.05, 4.69) is 42.8 Å². The van der Waals surface area contributed by atoms with Crippen LogP contribution >= 0.6 is 11.8 Å². The van der Waals surface area contributed by atoms with Crippen LogP contribution in [0.2, 0.25) is 0 Å². The van der Waals surface area contributed by atoms with Crippen LogP contribution in [0.5, 0.6) is 0 Å².